The predicted molar refractivity (Wildman–Crippen MR) is 100 cm³/mol. The fourth-order valence-electron chi connectivity index (χ4n) is 2.47. The summed E-state index contributed by atoms with van der Waals surface area (Å²) in [6.45, 7) is 3.50. The number of para-hydroxylation sites is 1. The third-order valence-corrected chi connectivity index (χ3v) is 4.93. The molecule has 0 aliphatic heterocycles. The molecular formula is C16H19N7O2S. The number of aryl methyl sites for hydroxylation is 1. The number of nitrogens with zero attached hydrogens (tertiary/aromatic N) is 5. The predicted octanol–water partition coefficient (Wildman–Crippen LogP) is 0.829. The van der Waals surface area contributed by atoms with Crippen molar-refractivity contribution in [1.29, 1.82) is 0 Å². The molecule has 0 bridgehead atoms. The number of hydrogen-bond acceptors (Lipinski definition) is 6. The van der Waals surface area contributed by atoms with Crippen molar-refractivity contribution in [1.82, 2.24) is 24.2 Å². The molecule has 0 saturated carbocycles. The number of carbonyl (C=O) groups is 1. The summed E-state index contributed by atoms with van der Waals surface area (Å²) in [6, 6.07) is 9.24. The number of aromatic nitrogens is 5. The van der Waals surface area contributed by atoms with Crippen molar-refractivity contribution in [2.75, 3.05) is 16.9 Å². The standard InChI is InChI=1S/C16H19N7O2S/c1-10-14(15(25)23(21(10)3)12-7-5-4-6-8-12)18-13(24)9-26-16-20-19-11(2)22(16)17/h4-8H,9,17H2,1-3H3,(H,18,24). The second kappa shape index (κ2) is 7.08. The SMILES string of the molecule is Cc1nnc(SCC(=O)Nc2c(C)n(C)n(-c3ccccc3)c2=O)n1N. The Morgan fingerprint density at radius 1 is 1.23 bits per heavy atom. The summed E-state index contributed by atoms with van der Waals surface area (Å²) < 4.78 is 4.53. The largest absolute Gasteiger partial charge is 0.336 e. The quantitative estimate of drug-likeness (QED) is 0.506. The van der Waals surface area contributed by atoms with E-state index in [9.17, 15) is 9.59 Å². The van der Waals surface area contributed by atoms with Gasteiger partial charge in [-0.1, -0.05) is 30.0 Å². The van der Waals surface area contributed by atoms with E-state index in [0.717, 1.165) is 17.4 Å². The zero-order valence-electron chi connectivity index (χ0n) is 14.6. The van der Waals surface area contributed by atoms with E-state index >= 15 is 0 Å². The summed E-state index contributed by atoms with van der Waals surface area (Å²) in [4.78, 5) is 25.0. The molecule has 0 atom stereocenters. The number of rotatable bonds is 5. The number of thioether (sulfide) groups is 1. The Kier molecular flexibility index (Phi) is 4.85. The smallest absolute Gasteiger partial charge is 0.295 e. The summed E-state index contributed by atoms with van der Waals surface area (Å²) in [5, 5.41) is 10.9. The molecule has 2 heterocycles. The van der Waals surface area contributed by atoms with Crippen molar-refractivity contribution >= 4 is 23.4 Å². The maximum absolute atomic E-state index is 12.8. The first kappa shape index (κ1) is 17.8. The lowest BCUT2D eigenvalue weighted by Gasteiger charge is -2.07. The molecule has 136 valence electrons. The van der Waals surface area contributed by atoms with Gasteiger partial charge in [-0.05, 0) is 26.0 Å². The van der Waals surface area contributed by atoms with Crippen LogP contribution in [0.15, 0.2) is 40.3 Å². The molecule has 0 saturated heterocycles. The summed E-state index contributed by atoms with van der Waals surface area (Å²) in [7, 11) is 1.77. The van der Waals surface area contributed by atoms with E-state index in [1.165, 1.54) is 9.36 Å². The van der Waals surface area contributed by atoms with Gasteiger partial charge in [-0.2, -0.15) is 0 Å². The van der Waals surface area contributed by atoms with Crippen molar-refractivity contribution in [3.63, 3.8) is 0 Å². The molecule has 26 heavy (non-hydrogen) atoms. The number of carbonyl (C=O) groups excluding carboxylic acids is 1. The Labute approximate surface area is 153 Å². The Morgan fingerprint density at radius 2 is 1.92 bits per heavy atom. The number of anilines is 1. The molecule has 3 rings (SSSR count). The van der Waals surface area contributed by atoms with E-state index in [2.05, 4.69) is 15.5 Å². The monoisotopic (exact) mass is 373 g/mol. The zero-order chi connectivity index (χ0) is 18.8. The van der Waals surface area contributed by atoms with Gasteiger partial charge in [0.15, 0.2) is 0 Å². The molecule has 10 heteroatoms. The van der Waals surface area contributed by atoms with Crippen LogP contribution in [0.1, 0.15) is 11.5 Å². The average molecular weight is 373 g/mol. The molecule has 0 unspecified atom stereocenters. The molecule has 9 nitrogen and oxygen atoms in total. The molecular weight excluding hydrogens is 354 g/mol. The topological polar surface area (TPSA) is 113 Å². The Hall–Kier alpha value is -3.01. The highest BCUT2D eigenvalue weighted by molar-refractivity contribution is 7.99. The molecule has 3 aromatic rings. The van der Waals surface area contributed by atoms with Crippen molar-refractivity contribution < 1.29 is 4.79 Å². The third-order valence-electron chi connectivity index (χ3n) is 3.99. The molecule has 1 aromatic carbocycles. The number of nitrogens with two attached hydrogens (primary N) is 1. The minimum Gasteiger partial charge on any atom is -0.336 e. The van der Waals surface area contributed by atoms with Gasteiger partial charge < -0.3 is 11.2 Å². The summed E-state index contributed by atoms with van der Waals surface area (Å²) in [5.74, 6) is 6.06. The third kappa shape index (κ3) is 3.23. The maximum Gasteiger partial charge on any atom is 0.295 e. The lowest BCUT2D eigenvalue weighted by molar-refractivity contribution is -0.113. The lowest BCUT2D eigenvalue weighted by Crippen LogP contribution is -2.23. The van der Waals surface area contributed by atoms with Crippen molar-refractivity contribution in [3.8, 4) is 5.69 Å². The van der Waals surface area contributed by atoms with E-state index in [-0.39, 0.29) is 22.9 Å². The van der Waals surface area contributed by atoms with Gasteiger partial charge in [-0.25, -0.2) is 9.36 Å². The average Bonchev–Trinajstić information content (AvgIpc) is 3.06. The molecule has 0 fully saturated rings. The van der Waals surface area contributed by atoms with Crippen LogP contribution in [0.25, 0.3) is 5.69 Å². The Morgan fingerprint density at radius 3 is 2.54 bits per heavy atom. The lowest BCUT2D eigenvalue weighted by atomic mass is 10.3. The molecule has 3 N–H and O–H groups in total. The summed E-state index contributed by atoms with van der Waals surface area (Å²) in [5.41, 5.74) is 1.36. The van der Waals surface area contributed by atoms with Crippen molar-refractivity contribution in [2.45, 2.75) is 19.0 Å². The fourth-order valence-corrected chi connectivity index (χ4v) is 3.17. The molecule has 0 radical (unpaired) electrons. The van der Waals surface area contributed by atoms with Crippen LogP contribution in [0.5, 0.6) is 0 Å². The van der Waals surface area contributed by atoms with Gasteiger partial charge in [0.25, 0.3) is 5.56 Å². The number of amides is 1. The van der Waals surface area contributed by atoms with Crippen LogP contribution < -0.4 is 16.7 Å². The van der Waals surface area contributed by atoms with E-state index < -0.39 is 0 Å². The van der Waals surface area contributed by atoms with Crippen LogP contribution >= 0.6 is 11.8 Å². The molecule has 0 spiro atoms. The van der Waals surface area contributed by atoms with Gasteiger partial charge in [0.1, 0.15) is 11.5 Å². The van der Waals surface area contributed by atoms with E-state index in [0.29, 0.717) is 16.7 Å². The van der Waals surface area contributed by atoms with Gasteiger partial charge in [-0.3, -0.25) is 14.3 Å². The van der Waals surface area contributed by atoms with Crippen molar-refractivity contribution in [3.05, 3.63) is 52.2 Å². The van der Waals surface area contributed by atoms with Crippen molar-refractivity contribution in [2.24, 2.45) is 7.05 Å². The zero-order valence-corrected chi connectivity index (χ0v) is 15.4. The Balaban J connectivity index is 1.79. The first-order chi connectivity index (χ1) is 12.4. The van der Waals surface area contributed by atoms with Crippen LogP contribution in [0.4, 0.5) is 5.69 Å². The van der Waals surface area contributed by atoms with Gasteiger partial charge >= 0.3 is 0 Å². The first-order valence-electron chi connectivity index (χ1n) is 7.84. The minimum absolute atomic E-state index is 0.0639. The van der Waals surface area contributed by atoms with E-state index in [1.807, 2.05) is 30.3 Å². The van der Waals surface area contributed by atoms with Gasteiger partial charge in [-0.15, -0.1) is 10.2 Å². The van der Waals surface area contributed by atoms with Crippen LogP contribution in [-0.2, 0) is 11.8 Å². The number of hydrogen-bond donors (Lipinski definition) is 2. The highest BCUT2D eigenvalue weighted by atomic mass is 32.2. The van der Waals surface area contributed by atoms with Gasteiger partial charge in [0.05, 0.1) is 17.1 Å². The maximum atomic E-state index is 12.8. The number of nitrogen functional groups attached to an aromatic ring is 1. The van der Waals surface area contributed by atoms with E-state index in [1.54, 1.807) is 25.6 Å². The van der Waals surface area contributed by atoms with Gasteiger partial charge in [0, 0.05) is 7.05 Å². The van der Waals surface area contributed by atoms with Crippen LogP contribution in [0.3, 0.4) is 0 Å². The van der Waals surface area contributed by atoms with E-state index in [4.69, 9.17) is 5.84 Å². The highest BCUT2D eigenvalue weighted by Gasteiger charge is 2.18. The molecule has 0 aliphatic carbocycles. The normalized spacial score (nSPS) is 10.9. The fraction of sp³-hybridized carbons (Fsp3) is 0.250. The summed E-state index contributed by atoms with van der Waals surface area (Å²) >= 11 is 1.15. The molecule has 0 aliphatic rings. The minimum atomic E-state index is -0.318. The second-order valence-electron chi connectivity index (χ2n) is 5.67. The number of nitrogens with one attached hydrogen (secondary N) is 1. The van der Waals surface area contributed by atoms with Crippen LogP contribution in [0.2, 0.25) is 0 Å². The second-order valence-corrected chi connectivity index (χ2v) is 6.62. The van der Waals surface area contributed by atoms with Gasteiger partial charge in [0.2, 0.25) is 11.1 Å². The van der Waals surface area contributed by atoms with Crippen LogP contribution in [-0.4, -0.2) is 35.9 Å². The highest BCUT2D eigenvalue weighted by Crippen LogP contribution is 2.17. The number of benzene rings is 1. The Bertz CT molecular complexity index is 1000. The first-order valence-corrected chi connectivity index (χ1v) is 8.82. The molecule has 1 amide bonds. The van der Waals surface area contributed by atoms with Crippen LogP contribution in [0, 0.1) is 13.8 Å². The summed E-state index contributed by atoms with van der Waals surface area (Å²) in [6.07, 6.45) is 0. The molecule has 2 aromatic heterocycles.